The summed E-state index contributed by atoms with van der Waals surface area (Å²) < 4.78 is 12.0. The molecule has 4 aromatic rings. The third-order valence-corrected chi connectivity index (χ3v) is 7.61. The van der Waals surface area contributed by atoms with E-state index in [-0.39, 0.29) is 5.91 Å². The normalized spacial score (nSPS) is 17.3. The van der Waals surface area contributed by atoms with Crippen molar-refractivity contribution >= 4 is 39.8 Å². The number of aromatic nitrogens is 2. The zero-order chi connectivity index (χ0) is 29.7. The second-order valence-corrected chi connectivity index (χ2v) is 10.3. The molecule has 2 atom stereocenters. The highest BCUT2D eigenvalue weighted by Crippen LogP contribution is 2.43. The Morgan fingerprint density at radius 2 is 2.12 bits per heavy atom. The smallest absolute Gasteiger partial charge is 0.245 e. The van der Waals surface area contributed by atoms with E-state index >= 15 is 0 Å². The van der Waals surface area contributed by atoms with Crippen molar-refractivity contribution in [3.63, 3.8) is 0 Å². The lowest BCUT2D eigenvalue weighted by atomic mass is 9.92. The van der Waals surface area contributed by atoms with Gasteiger partial charge in [-0.15, -0.1) is 0 Å². The highest BCUT2D eigenvalue weighted by Gasteiger charge is 2.43. The number of rotatable bonds is 10. The molecule has 2 aromatic heterocycles. The molecule has 1 saturated heterocycles. The fourth-order valence-electron chi connectivity index (χ4n) is 5.29. The SMILES string of the molecule is C=CC(=O)N[C@]1(c2cc3c(Nc4cccc(O[C@H](Cl)c5ccccn5)c4)c(C#N)cnc3cc2OCC)CCCN1C. The number of carbonyl (C=O) groups is 1. The molecule has 0 unspecified atom stereocenters. The number of hydrogen-bond acceptors (Lipinski definition) is 8. The molecule has 0 saturated carbocycles. The van der Waals surface area contributed by atoms with Crippen LogP contribution >= 0.6 is 11.6 Å². The molecule has 214 valence electrons. The maximum Gasteiger partial charge on any atom is 0.245 e. The minimum Gasteiger partial charge on any atom is -0.493 e. The Morgan fingerprint density at radius 3 is 2.81 bits per heavy atom. The lowest BCUT2D eigenvalue weighted by molar-refractivity contribution is -0.120. The maximum absolute atomic E-state index is 12.6. The summed E-state index contributed by atoms with van der Waals surface area (Å²) in [6.07, 6.45) is 6.02. The van der Waals surface area contributed by atoms with Crippen molar-refractivity contribution in [1.82, 2.24) is 20.2 Å². The van der Waals surface area contributed by atoms with Crippen LogP contribution < -0.4 is 20.1 Å². The van der Waals surface area contributed by atoms with Gasteiger partial charge in [-0.2, -0.15) is 5.26 Å². The quantitative estimate of drug-likeness (QED) is 0.169. The van der Waals surface area contributed by atoms with Crippen molar-refractivity contribution in [3.8, 4) is 17.6 Å². The molecular weight excluding hydrogens is 552 g/mol. The molecular formula is C32H31ClN6O3. The third kappa shape index (κ3) is 5.73. The molecule has 0 bridgehead atoms. The Balaban J connectivity index is 1.59. The summed E-state index contributed by atoms with van der Waals surface area (Å²) in [5.74, 6) is 0.860. The fraction of sp³-hybridized carbons (Fsp3) is 0.250. The standard InChI is InChI=1S/C32H31ClN6O3/c1-4-29(40)38-32(13-9-15-39(32)3)25-17-24-27(18-28(25)41-5-2)36-20-21(19-34)30(24)37-22-10-8-11-23(16-22)42-31(33)26-12-6-7-14-35-26/h4,6-8,10-12,14,16-18,20,31H,1,5,9,13,15H2,2-3H3,(H,36,37)(H,38,40)/t31-,32+/m0/s1. The van der Waals surface area contributed by atoms with Crippen LogP contribution in [0.1, 0.15) is 42.1 Å². The van der Waals surface area contributed by atoms with Gasteiger partial charge in [-0.3, -0.25) is 19.7 Å². The first-order chi connectivity index (χ1) is 20.4. The molecule has 9 nitrogen and oxygen atoms in total. The zero-order valence-electron chi connectivity index (χ0n) is 23.4. The molecule has 10 heteroatoms. The number of benzene rings is 2. The van der Waals surface area contributed by atoms with E-state index in [1.165, 1.54) is 12.3 Å². The first-order valence-electron chi connectivity index (χ1n) is 13.6. The van der Waals surface area contributed by atoms with Crippen LogP contribution in [-0.2, 0) is 10.5 Å². The van der Waals surface area contributed by atoms with Crippen LogP contribution in [0.25, 0.3) is 10.9 Å². The number of hydrogen-bond donors (Lipinski definition) is 2. The van der Waals surface area contributed by atoms with Crippen molar-refractivity contribution < 1.29 is 14.3 Å². The van der Waals surface area contributed by atoms with Crippen LogP contribution in [0.5, 0.6) is 11.5 Å². The van der Waals surface area contributed by atoms with Crippen LogP contribution in [0.3, 0.4) is 0 Å². The van der Waals surface area contributed by atoms with Crippen LogP contribution in [0.2, 0.25) is 0 Å². The second-order valence-electron chi connectivity index (χ2n) is 9.88. The lowest BCUT2D eigenvalue weighted by Gasteiger charge is -2.38. The first kappa shape index (κ1) is 28.9. The van der Waals surface area contributed by atoms with Crippen molar-refractivity contribution in [2.24, 2.45) is 0 Å². The van der Waals surface area contributed by atoms with Gasteiger partial charge in [0.15, 0.2) is 0 Å². The van der Waals surface area contributed by atoms with Gasteiger partial charge in [0.1, 0.15) is 23.2 Å². The molecule has 1 fully saturated rings. The highest BCUT2D eigenvalue weighted by atomic mass is 35.5. The van der Waals surface area contributed by atoms with E-state index < -0.39 is 11.2 Å². The van der Waals surface area contributed by atoms with Gasteiger partial charge >= 0.3 is 0 Å². The molecule has 1 amide bonds. The number of pyridine rings is 2. The Hall–Kier alpha value is -4.65. The summed E-state index contributed by atoms with van der Waals surface area (Å²) in [7, 11) is 1.97. The van der Waals surface area contributed by atoms with E-state index in [1.807, 2.05) is 50.4 Å². The molecule has 0 aliphatic carbocycles. The molecule has 1 aliphatic rings. The van der Waals surface area contributed by atoms with Crippen LogP contribution in [0.15, 0.2) is 79.6 Å². The number of alkyl halides is 1. The van der Waals surface area contributed by atoms with Gasteiger partial charge in [0, 0.05) is 47.7 Å². The molecule has 0 radical (unpaired) electrons. The predicted molar refractivity (Wildman–Crippen MR) is 163 cm³/mol. The Labute approximate surface area is 249 Å². The number of halogens is 1. The Morgan fingerprint density at radius 1 is 1.26 bits per heavy atom. The van der Waals surface area contributed by atoms with E-state index in [1.54, 1.807) is 24.4 Å². The molecule has 2 N–H and O–H groups in total. The molecule has 5 rings (SSSR count). The maximum atomic E-state index is 12.6. The lowest BCUT2D eigenvalue weighted by Crippen LogP contribution is -2.53. The number of ether oxygens (including phenoxy) is 2. The second kappa shape index (κ2) is 12.5. The van der Waals surface area contributed by atoms with Gasteiger partial charge in [0.2, 0.25) is 11.5 Å². The van der Waals surface area contributed by atoms with E-state index in [4.69, 9.17) is 21.1 Å². The minimum atomic E-state index is -0.821. The number of fused-ring (bicyclic) bond motifs is 1. The fourth-order valence-corrected chi connectivity index (χ4v) is 5.53. The number of likely N-dealkylation sites (tertiary alicyclic amines) is 1. The van der Waals surface area contributed by atoms with Gasteiger partial charge in [0.25, 0.3) is 0 Å². The molecule has 2 aromatic carbocycles. The van der Waals surface area contributed by atoms with Gasteiger partial charge in [-0.05, 0) is 63.2 Å². The molecule has 3 heterocycles. The average molecular weight is 583 g/mol. The molecule has 1 aliphatic heterocycles. The summed E-state index contributed by atoms with van der Waals surface area (Å²) in [5, 5.41) is 17.3. The molecule has 0 spiro atoms. The monoisotopic (exact) mass is 582 g/mol. The summed E-state index contributed by atoms with van der Waals surface area (Å²) in [4.78, 5) is 23.6. The number of nitriles is 1. The summed E-state index contributed by atoms with van der Waals surface area (Å²) in [6, 6.07) is 18.8. The average Bonchev–Trinajstić information content (AvgIpc) is 3.37. The summed E-state index contributed by atoms with van der Waals surface area (Å²) in [5.41, 5.74) is 2.03. The van der Waals surface area contributed by atoms with Crippen molar-refractivity contribution in [1.29, 1.82) is 5.26 Å². The number of nitrogens with zero attached hydrogens (tertiary/aromatic N) is 4. The predicted octanol–water partition coefficient (Wildman–Crippen LogP) is 6.14. The third-order valence-electron chi connectivity index (χ3n) is 7.30. The topological polar surface area (TPSA) is 112 Å². The Kier molecular flexibility index (Phi) is 8.57. The highest BCUT2D eigenvalue weighted by molar-refractivity contribution is 6.19. The zero-order valence-corrected chi connectivity index (χ0v) is 24.2. The van der Waals surface area contributed by atoms with E-state index in [0.29, 0.717) is 58.1 Å². The summed E-state index contributed by atoms with van der Waals surface area (Å²) >= 11 is 6.46. The number of carbonyl (C=O) groups excluding carboxylic acids is 1. The van der Waals surface area contributed by atoms with Crippen molar-refractivity contribution in [3.05, 3.63) is 96.5 Å². The largest absolute Gasteiger partial charge is 0.493 e. The summed E-state index contributed by atoms with van der Waals surface area (Å²) in [6.45, 7) is 6.78. The first-order valence-corrected chi connectivity index (χ1v) is 14.1. The van der Waals surface area contributed by atoms with Gasteiger partial charge in [0.05, 0.1) is 29.1 Å². The van der Waals surface area contributed by atoms with Crippen molar-refractivity contribution in [2.45, 2.75) is 31.0 Å². The van der Waals surface area contributed by atoms with E-state index in [2.05, 4.69) is 38.1 Å². The molecule has 42 heavy (non-hydrogen) atoms. The van der Waals surface area contributed by atoms with E-state index in [0.717, 1.165) is 18.5 Å². The Bertz CT molecular complexity index is 1660. The number of nitrogens with one attached hydrogen (secondary N) is 2. The van der Waals surface area contributed by atoms with Gasteiger partial charge in [-0.1, -0.05) is 30.3 Å². The van der Waals surface area contributed by atoms with Gasteiger partial charge in [-0.25, -0.2) is 0 Å². The van der Waals surface area contributed by atoms with Crippen LogP contribution in [-0.4, -0.2) is 41.0 Å². The number of anilines is 2. The van der Waals surface area contributed by atoms with Gasteiger partial charge < -0.3 is 20.1 Å². The van der Waals surface area contributed by atoms with Crippen LogP contribution in [0.4, 0.5) is 11.4 Å². The van der Waals surface area contributed by atoms with Crippen molar-refractivity contribution in [2.75, 3.05) is 25.5 Å². The number of amides is 1. The van der Waals surface area contributed by atoms with E-state index in [9.17, 15) is 10.1 Å². The minimum absolute atomic E-state index is 0.284. The van der Waals surface area contributed by atoms with Crippen LogP contribution in [0, 0.1) is 11.3 Å².